The predicted molar refractivity (Wildman–Crippen MR) is 87.8 cm³/mol. The summed E-state index contributed by atoms with van der Waals surface area (Å²) in [4.78, 5) is 26.1. The van der Waals surface area contributed by atoms with Gasteiger partial charge in [-0.3, -0.25) is 14.5 Å². The maximum absolute atomic E-state index is 12.5. The van der Waals surface area contributed by atoms with Crippen LogP contribution in [0.25, 0.3) is 5.57 Å². The van der Waals surface area contributed by atoms with Crippen molar-refractivity contribution in [2.45, 2.75) is 0 Å². The number of carbonyl (C=O) groups is 2. The molecule has 5 heteroatoms. The van der Waals surface area contributed by atoms with Gasteiger partial charge in [-0.15, -0.1) is 0 Å². The highest BCUT2D eigenvalue weighted by Crippen LogP contribution is 2.34. The molecule has 0 saturated heterocycles. The normalized spacial score (nSPS) is 14.4. The number of imide groups is 1. The smallest absolute Gasteiger partial charge is 0.277 e. The van der Waals surface area contributed by atoms with E-state index in [0.29, 0.717) is 16.9 Å². The molecule has 0 bridgehead atoms. The number of hydrogen-bond donors (Lipinski definition) is 1. The fraction of sp³-hybridized carbons (Fsp3) is 0.111. The number of ether oxygens (including phenoxy) is 1. The highest BCUT2D eigenvalue weighted by Gasteiger charge is 2.37. The van der Waals surface area contributed by atoms with Crippen LogP contribution >= 0.6 is 0 Å². The number of anilines is 1. The molecule has 0 aliphatic carbocycles. The van der Waals surface area contributed by atoms with Crippen LogP contribution in [0.1, 0.15) is 5.56 Å². The third kappa shape index (κ3) is 2.57. The summed E-state index contributed by atoms with van der Waals surface area (Å²) in [5, 5.41) is 3.06. The van der Waals surface area contributed by atoms with Crippen molar-refractivity contribution in [3.63, 3.8) is 0 Å². The lowest BCUT2D eigenvalue weighted by Crippen LogP contribution is -2.27. The number of para-hydroxylation sites is 2. The zero-order valence-corrected chi connectivity index (χ0v) is 12.9. The summed E-state index contributed by atoms with van der Waals surface area (Å²) in [6, 6.07) is 16.4. The molecule has 0 unspecified atom stereocenters. The minimum absolute atomic E-state index is 0.258. The molecule has 2 aromatic rings. The SMILES string of the molecule is COc1ccccc1C1=C(Nc2ccccc2)C(=O)N(C)C1=O. The Morgan fingerprint density at radius 3 is 2.26 bits per heavy atom. The van der Waals surface area contributed by atoms with Gasteiger partial charge in [0.15, 0.2) is 0 Å². The van der Waals surface area contributed by atoms with Crippen molar-refractivity contribution < 1.29 is 14.3 Å². The third-order valence-corrected chi connectivity index (χ3v) is 3.71. The third-order valence-electron chi connectivity index (χ3n) is 3.71. The van der Waals surface area contributed by atoms with E-state index in [2.05, 4.69) is 5.32 Å². The Kier molecular flexibility index (Phi) is 3.85. The van der Waals surface area contributed by atoms with Gasteiger partial charge < -0.3 is 10.1 Å². The summed E-state index contributed by atoms with van der Waals surface area (Å²) < 4.78 is 5.33. The molecule has 23 heavy (non-hydrogen) atoms. The second-order valence-electron chi connectivity index (χ2n) is 5.11. The van der Waals surface area contributed by atoms with Gasteiger partial charge in [-0.1, -0.05) is 36.4 Å². The van der Waals surface area contributed by atoms with E-state index >= 15 is 0 Å². The summed E-state index contributed by atoms with van der Waals surface area (Å²) in [5.41, 5.74) is 1.91. The van der Waals surface area contributed by atoms with Crippen LogP contribution in [-0.4, -0.2) is 30.9 Å². The molecule has 2 amide bonds. The average molecular weight is 308 g/mol. The van der Waals surface area contributed by atoms with Crippen LogP contribution in [0.15, 0.2) is 60.3 Å². The Morgan fingerprint density at radius 1 is 0.913 bits per heavy atom. The lowest BCUT2D eigenvalue weighted by Gasteiger charge is -2.10. The fourth-order valence-electron chi connectivity index (χ4n) is 2.52. The monoisotopic (exact) mass is 308 g/mol. The van der Waals surface area contributed by atoms with E-state index in [0.717, 1.165) is 10.6 Å². The Balaban J connectivity index is 2.14. The summed E-state index contributed by atoms with van der Waals surface area (Å²) in [6.45, 7) is 0. The van der Waals surface area contributed by atoms with Crippen molar-refractivity contribution in [3.05, 3.63) is 65.9 Å². The predicted octanol–water partition coefficient (Wildman–Crippen LogP) is 2.52. The zero-order chi connectivity index (χ0) is 16.4. The number of methoxy groups -OCH3 is 1. The highest BCUT2D eigenvalue weighted by molar-refractivity contribution is 6.36. The number of hydrogen-bond acceptors (Lipinski definition) is 4. The maximum Gasteiger partial charge on any atom is 0.277 e. The number of amides is 2. The van der Waals surface area contributed by atoms with Crippen molar-refractivity contribution >= 4 is 23.1 Å². The Bertz CT molecular complexity index is 797. The van der Waals surface area contributed by atoms with Gasteiger partial charge in [-0.05, 0) is 18.2 Å². The molecule has 1 heterocycles. The van der Waals surface area contributed by atoms with E-state index in [9.17, 15) is 9.59 Å². The van der Waals surface area contributed by atoms with Crippen LogP contribution in [0.2, 0.25) is 0 Å². The van der Waals surface area contributed by atoms with Gasteiger partial charge in [0.25, 0.3) is 11.8 Å². The molecule has 2 aromatic carbocycles. The van der Waals surface area contributed by atoms with Crippen LogP contribution < -0.4 is 10.1 Å². The first-order valence-corrected chi connectivity index (χ1v) is 7.15. The number of benzene rings is 2. The molecule has 116 valence electrons. The number of nitrogens with one attached hydrogen (secondary N) is 1. The van der Waals surface area contributed by atoms with Gasteiger partial charge in [0, 0.05) is 18.3 Å². The molecule has 0 spiro atoms. The first-order chi connectivity index (χ1) is 11.1. The van der Waals surface area contributed by atoms with E-state index < -0.39 is 0 Å². The van der Waals surface area contributed by atoms with Crippen LogP contribution in [-0.2, 0) is 9.59 Å². The Morgan fingerprint density at radius 2 is 1.57 bits per heavy atom. The summed E-state index contributed by atoms with van der Waals surface area (Å²) in [5.74, 6) is -0.163. The van der Waals surface area contributed by atoms with E-state index in [1.54, 1.807) is 18.2 Å². The van der Waals surface area contributed by atoms with Gasteiger partial charge in [-0.25, -0.2) is 0 Å². The number of carbonyl (C=O) groups excluding carboxylic acids is 2. The standard InChI is InChI=1S/C18H16N2O3/c1-20-17(21)15(13-10-6-7-11-14(13)23-2)16(18(20)22)19-12-8-4-3-5-9-12/h3-11,19H,1-2H3. The van der Waals surface area contributed by atoms with Gasteiger partial charge in [-0.2, -0.15) is 0 Å². The molecule has 0 fully saturated rings. The number of likely N-dealkylation sites (N-methyl/N-ethyl adjacent to an activating group) is 1. The molecule has 5 nitrogen and oxygen atoms in total. The van der Waals surface area contributed by atoms with E-state index in [1.165, 1.54) is 14.2 Å². The number of rotatable bonds is 4. The Labute approximate surface area is 134 Å². The molecule has 0 saturated carbocycles. The van der Waals surface area contributed by atoms with Gasteiger partial charge in [0.2, 0.25) is 0 Å². The van der Waals surface area contributed by atoms with Crippen molar-refractivity contribution in [2.24, 2.45) is 0 Å². The van der Waals surface area contributed by atoms with Crippen LogP contribution in [0.3, 0.4) is 0 Å². The Hall–Kier alpha value is -3.08. The second-order valence-corrected chi connectivity index (χ2v) is 5.11. The van der Waals surface area contributed by atoms with Crippen LogP contribution in [0.4, 0.5) is 5.69 Å². The molecular formula is C18H16N2O3. The molecule has 1 N–H and O–H groups in total. The summed E-state index contributed by atoms with van der Waals surface area (Å²) in [6.07, 6.45) is 0. The van der Waals surface area contributed by atoms with E-state index in [4.69, 9.17) is 4.74 Å². The second kappa shape index (κ2) is 5.96. The van der Waals surface area contributed by atoms with E-state index in [1.807, 2.05) is 36.4 Å². The summed E-state index contributed by atoms with van der Waals surface area (Å²) >= 11 is 0. The lowest BCUT2D eigenvalue weighted by atomic mass is 10.0. The molecule has 1 aliphatic heterocycles. The fourth-order valence-corrected chi connectivity index (χ4v) is 2.52. The maximum atomic E-state index is 12.5. The van der Waals surface area contributed by atoms with Crippen molar-refractivity contribution in [3.8, 4) is 5.75 Å². The van der Waals surface area contributed by atoms with Crippen molar-refractivity contribution in [1.82, 2.24) is 4.90 Å². The molecule has 0 atom stereocenters. The quantitative estimate of drug-likeness (QED) is 0.882. The molecule has 3 rings (SSSR count). The topological polar surface area (TPSA) is 58.6 Å². The van der Waals surface area contributed by atoms with Gasteiger partial charge >= 0.3 is 0 Å². The first kappa shape index (κ1) is 14.8. The lowest BCUT2D eigenvalue weighted by molar-refractivity contribution is -0.135. The minimum atomic E-state index is -0.361. The molecule has 0 aromatic heterocycles. The zero-order valence-electron chi connectivity index (χ0n) is 12.9. The van der Waals surface area contributed by atoms with Crippen LogP contribution in [0, 0.1) is 0 Å². The average Bonchev–Trinajstić information content (AvgIpc) is 2.80. The highest BCUT2D eigenvalue weighted by atomic mass is 16.5. The van der Waals surface area contributed by atoms with E-state index in [-0.39, 0.29) is 17.5 Å². The van der Waals surface area contributed by atoms with Crippen molar-refractivity contribution in [1.29, 1.82) is 0 Å². The molecular weight excluding hydrogens is 292 g/mol. The van der Waals surface area contributed by atoms with Gasteiger partial charge in [0.1, 0.15) is 11.4 Å². The largest absolute Gasteiger partial charge is 0.496 e. The summed E-state index contributed by atoms with van der Waals surface area (Å²) in [7, 11) is 3.01. The molecule has 1 aliphatic rings. The number of nitrogens with zero attached hydrogens (tertiary/aromatic N) is 1. The first-order valence-electron chi connectivity index (χ1n) is 7.15. The van der Waals surface area contributed by atoms with Crippen molar-refractivity contribution in [2.75, 3.05) is 19.5 Å². The van der Waals surface area contributed by atoms with Crippen LogP contribution in [0.5, 0.6) is 5.75 Å². The minimum Gasteiger partial charge on any atom is -0.496 e. The molecule has 0 radical (unpaired) electrons. The van der Waals surface area contributed by atoms with Gasteiger partial charge in [0.05, 0.1) is 12.7 Å².